The Morgan fingerprint density at radius 3 is 2.83 bits per heavy atom. The number of aromatic carboxylic acids is 1. The summed E-state index contributed by atoms with van der Waals surface area (Å²) >= 11 is 4.77. The van der Waals surface area contributed by atoms with Crippen molar-refractivity contribution in [2.24, 2.45) is 0 Å². The fourth-order valence-electron chi connectivity index (χ4n) is 1.65. The lowest BCUT2D eigenvalue weighted by Crippen LogP contribution is -2.00. The van der Waals surface area contributed by atoms with E-state index in [0.29, 0.717) is 10.9 Å². The van der Waals surface area contributed by atoms with E-state index in [2.05, 4.69) is 25.9 Å². The Morgan fingerprint density at radius 1 is 1.50 bits per heavy atom. The minimum Gasteiger partial charge on any atom is -0.477 e. The molecule has 4 nitrogen and oxygen atoms in total. The van der Waals surface area contributed by atoms with E-state index in [1.807, 2.05) is 31.4 Å². The number of benzene rings is 1. The van der Waals surface area contributed by atoms with Crippen LogP contribution in [0, 0.1) is 6.92 Å². The largest absolute Gasteiger partial charge is 0.477 e. The van der Waals surface area contributed by atoms with Gasteiger partial charge in [-0.3, -0.25) is 0 Å². The molecule has 2 rings (SSSR count). The van der Waals surface area contributed by atoms with Gasteiger partial charge in [-0.1, -0.05) is 33.8 Å². The summed E-state index contributed by atoms with van der Waals surface area (Å²) in [5.74, 6) is -1.00. The van der Waals surface area contributed by atoms with Crippen molar-refractivity contribution < 1.29 is 9.90 Å². The number of halogens is 1. The van der Waals surface area contributed by atoms with E-state index in [1.54, 1.807) is 0 Å². The summed E-state index contributed by atoms with van der Waals surface area (Å²) in [5, 5.41) is 9.80. The van der Waals surface area contributed by atoms with Crippen LogP contribution in [0.4, 0.5) is 0 Å². The molecule has 2 aromatic rings. The predicted octanol–water partition coefficient (Wildman–Crippen LogP) is 3.57. The van der Waals surface area contributed by atoms with Crippen LogP contribution in [0.3, 0.4) is 0 Å². The van der Waals surface area contributed by atoms with Crippen LogP contribution in [-0.4, -0.2) is 27.3 Å². The first-order valence-electron chi connectivity index (χ1n) is 5.16. The number of thioether (sulfide) groups is 1. The summed E-state index contributed by atoms with van der Waals surface area (Å²) in [6.07, 6.45) is 1.85. The molecular weight excluding hydrogens is 316 g/mol. The van der Waals surface area contributed by atoms with Crippen LogP contribution in [0.1, 0.15) is 16.1 Å². The molecule has 18 heavy (non-hydrogen) atoms. The molecule has 0 saturated carbocycles. The number of carboxylic acid groups (broad SMARTS) is 1. The molecule has 0 bridgehead atoms. The minimum atomic E-state index is -1.00. The number of aromatic nitrogens is 2. The molecule has 94 valence electrons. The molecular formula is C12H11BrN2O2S. The van der Waals surface area contributed by atoms with Crippen molar-refractivity contribution >= 4 is 33.7 Å². The monoisotopic (exact) mass is 326 g/mol. The van der Waals surface area contributed by atoms with E-state index in [0.717, 1.165) is 15.6 Å². The van der Waals surface area contributed by atoms with Gasteiger partial charge in [-0.15, -0.1) is 0 Å². The maximum atomic E-state index is 11.2. The predicted molar refractivity (Wildman–Crippen MR) is 75.2 cm³/mol. The number of imidazole rings is 1. The lowest BCUT2D eigenvalue weighted by Gasteiger charge is -2.04. The lowest BCUT2D eigenvalue weighted by atomic mass is 10.0. The molecule has 2 N–H and O–H groups in total. The number of nitrogens with zero attached hydrogens (tertiary/aromatic N) is 1. The van der Waals surface area contributed by atoms with Crippen molar-refractivity contribution in [3.8, 4) is 11.3 Å². The second kappa shape index (κ2) is 5.16. The number of carbonyl (C=O) groups is 1. The van der Waals surface area contributed by atoms with Gasteiger partial charge in [-0.05, 0) is 30.9 Å². The Bertz CT molecular complexity index is 610. The maximum absolute atomic E-state index is 11.2. The SMILES string of the molecule is CSc1nc(-c2cc(Br)ccc2C)c(C(=O)O)[nH]1. The van der Waals surface area contributed by atoms with Crippen molar-refractivity contribution in [3.05, 3.63) is 33.9 Å². The first kappa shape index (κ1) is 13.2. The van der Waals surface area contributed by atoms with Crippen LogP contribution < -0.4 is 0 Å². The molecule has 0 fully saturated rings. The zero-order chi connectivity index (χ0) is 13.3. The molecule has 1 heterocycles. The summed E-state index contributed by atoms with van der Waals surface area (Å²) in [6.45, 7) is 1.93. The van der Waals surface area contributed by atoms with Gasteiger partial charge in [-0.2, -0.15) is 0 Å². The Morgan fingerprint density at radius 2 is 2.22 bits per heavy atom. The number of aryl methyl sites for hydroxylation is 1. The van der Waals surface area contributed by atoms with E-state index in [9.17, 15) is 9.90 Å². The van der Waals surface area contributed by atoms with E-state index in [4.69, 9.17) is 0 Å². The third-order valence-electron chi connectivity index (χ3n) is 2.54. The van der Waals surface area contributed by atoms with Crippen LogP contribution in [0.2, 0.25) is 0 Å². The molecule has 0 aliphatic carbocycles. The van der Waals surface area contributed by atoms with Crippen LogP contribution in [0.15, 0.2) is 27.8 Å². The van der Waals surface area contributed by atoms with Gasteiger partial charge in [0.2, 0.25) is 0 Å². The van der Waals surface area contributed by atoms with E-state index in [-0.39, 0.29) is 5.69 Å². The van der Waals surface area contributed by atoms with Crippen molar-refractivity contribution in [3.63, 3.8) is 0 Å². The standard InChI is InChI=1S/C12H11BrN2O2S/c1-6-3-4-7(13)5-8(6)9-10(11(16)17)15-12(14-9)18-2/h3-5H,1-2H3,(H,14,15)(H,16,17). The first-order chi connectivity index (χ1) is 8.52. The van der Waals surface area contributed by atoms with E-state index < -0.39 is 5.97 Å². The average molecular weight is 327 g/mol. The number of nitrogens with one attached hydrogen (secondary N) is 1. The summed E-state index contributed by atoms with van der Waals surface area (Å²) in [6, 6.07) is 5.72. The van der Waals surface area contributed by atoms with Gasteiger partial charge in [0.15, 0.2) is 10.9 Å². The zero-order valence-corrected chi connectivity index (χ0v) is 12.2. The quantitative estimate of drug-likeness (QED) is 0.846. The number of rotatable bonds is 3. The van der Waals surface area contributed by atoms with Gasteiger partial charge in [0.1, 0.15) is 5.69 Å². The molecule has 0 atom stereocenters. The Hall–Kier alpha value is -1.27. The highest BCUT2D eigenvalue weighted by molar-refractivity contribution is 9.10. The second-order valence-electron chi connectivity index (χ2n) is 3.73. The second-order valence-corrected chi connectivity index (χ2v) is 5.44. The first-order valence-corrected chi connectivity index (χ1v) is 7.18. The number of hydrogen-bond donors (Lipinski definition) is 2. The van der Waals surface area contributed by atoms with E-state index in [1.165, 1.54) is 11.8 Å². The van der Waals surface area contributed by atoms with Gasteiger partial charge >= 0.3 is 5.97 Å². The number of hydrogen-bond acceptors (Lipinski definition) is 3. The molecule has 0 radical (unpaired) electrons. The van der Waals surface area contributed by atoms with Crippen molar-refractivity contribution in [2.45, 2.75) is 12.1 Å². The minimum absolute atomic E-state index is 0.126. The molecule has 0 spiro atoms. The third kappa shape index (κ3) is 2.44. The third-order valence-corrected chi connectivity index (χ3v) is 3.62. The summed E-state index contributed by atoms with van der Waals surface area (Å²) in [5.41, 5.74) is 2.41. The molecule has 0 unspecified atom stereocenters. The van der Waals surface area contributed by atoms with Gasteiger partial charge in [0.05, 0.1) is 0 Å². The molecule has 1 aromatic carbocycles. The van der Waals surface area contributed by atoms with Gasteiger partial charge < -0.3 is 10.1 Å². The van der Waals surface area contributed by atoms with Crippen molar-refractivity contribution in [2.75, 3.05) is 6.26 Å². The molecule has 0 aliphatic rings. The Balaban J connectivity index is 2.65. The van der Waals surface area contributed by atoms with Crippen LogP contribution in [0.5, 0.6) is 0 Å². The van der Waals surface area contributed by atoms with Crippen molar-refractivity contribution in [1.29, 1.82) is 0 Å². The normalized spacial score (nSPS) is 10.6. The number of H-pyrrole nitrogens is 1. The summed E-state index contributed by atoms with van der Waals surface area (Å²) in [4.78, 5) is 18.4. The average Bonchev–Trinajstić information content (AvgIpc) is 2.76. The lowest BCUT2D eigenvalue weighted by molar-refractivity contribution is 0.0691. The van der Waals surface area contributed by atoms with Crippen molar-refractivity contribution in [1.82, 2.24) is 9.97 Å². The highest BCUT2D eigenvalue weighted by Crippen LogP contribution is 2.29. The molecule has 1 aromatic heterocycles. The fraction of sp³-hybridized carbons (Fsp3) is 0.167. The molecule has 0 amide bonds. The summed E-state index contributed by atoms with van der Waals surface area (Å²) in [7, 11) is 0. The van der Waals surface area contributed by atoms with Gasteiger partial charge in [0.25, 0.3) is 0 Å². The van der Waals surface area contributed by atoms with E-state index >= 15 is 0 Å². The van der Waals surface area contributed by atoms with Gasteiger partial charge in [-0.25, -0.2) is 9.78 Å². The highest BCUT2D eigenvalue weighted by Gasteiger charge is 2.19. The number of carboxylic acids is 1. The summed E-state index contributed by atoms with van der Waals surface area (Å²) < 4.78 is 0.896. The van der Waals surface area contributed by atoms with Gasteiger partial charge in [0, 0.05) is 10.0 Å². The Labute approximate surface area is 117 Å². The van der Waals surface area contributed by atoms with Crippen LogP contribution in [0.25, 0.3) is 11.3 Å². The van der Waals surface area contributed by atoms with Crippen LogP contribution >= 0.6 is 27.7 Å². The maximum Gasteiger partial charge on any atom is 0.354 e. The topological polar surface area (TPSA) is 66.0 Å². The zero-order valence-electron chi connectivity index (χ0n) is 9.82. The molecule has 6 heteroatoms. The smallest absolute Gasteiger partial charge is 0.354 e. The fourth-order valence-corrected chi connectivity index (χ4v) is 2.39. The van der Waals surface area contributed by atoms with Crippen LogP contribution in [-0.2, 0) is 0 Å². The molecule has 0 saturated heterocycles. The molecule has 0 aliphatic heterocycles. The Kier molecular flexibility index (Phi) is 3.77. The number of aromatic amines is 1. The highest BCUT2D eigenvalue weighted by atomic mass is 79.9.